The molecule has 0 fully saturated rings. The van der Waals surface area contributed by atoms with Gasteiger partial charge in [0.1, 0.15) is 11.3 Å². The van der Waals surface area contributed by atoms with Gasteiger partial charge in [-0.05, 0) is 0 Å². The predicted molar refractivity (Wildman–Crippen MR) is 39.5 cm³/mol. The number of halogens is 2. The Morgan fingerprint density at radius 1 is 1.42 bits per heavy atom. The van der Waals surface area contributed by atoms with Crippen molar-refractivity contribution >= 4 is 11.0 Å². The summed E-state index contributed by atoms with van der Waals surface area (Å²) in [5, 5.41) is 0. The van der Waals surface area contributed by atoms with Crippen LogP contribution in [0.15, 0.2) is 12.1 Å². The molecule has 0 aliphatic carbocycles. The summed E-state index contributed by atoms with van der Waals surface area (Å²) in [4.78, 5) is 3.70. The minimum Gasteiger partial charge on any atom is -0.322 e. The van der Waals surface area contributed by atoms with Gasteiger partial charge in [0.2, 0.25) is 0 Å². The molecule has 61 valence electrons. The summed E-state index contributed by atoms with van der Waals surface area (Å²) >= 11 is 0. The van der Waals surface area contributed by atoms with E-state index < -0.39 is 11.6 Å². The van der Waals surface area contributed by atoms with Crippen molar-refractivity contribution in [2.24, 2.45) is 7.05 Å². The van der Waals surface area contributed by atoms with Gasteiger partial charge >= 0.3 is 0 Å². The molecule has 0 N–H and O–H groups in total. The highest BCUT2D eigenvalue weighted by Crippen LogP contribution is 2.16. The van der Waals surface area contributed by atoms with Gasteiger partial charge < -0.3 is 4.57 Å². The van der Waals surface area contributed by atoms with Crippen LogP contribution < -0.4 is 0 Å². The zero-order valence-corrected chi connectivity index (χ0v) is 6.31. The van der Waals surface area contributed by atoms with E-state index in [-0.39, 0.29) is 11.0 Å². The molecule has 0 amide bonds. The van der Waals surface area contributed by atoms with Crippen LogP contribution in [0.25, 0.3) is 11.0 Å². The summed E-state index contributed by atoms with van der Waals surface area (Å²) in [5.41, 5.74) is 0.561. The molecule has 2 aromatic rings. The fourth-order valence-electron chi connectivity index (χ4n) is 1.15. The number of aryl methyl sites for hydroxylation is 1. The van der Waals surface area contributed by atoms with Crippen LogP contribution >= 0.6 is 0 Å². The third-order valence-electron chi connectivity index (χ3n) is 1.66. The molecule has 2 nitrogen and oxygen atoms in total. The molecule has 1 aromatic carbocycles. The van der Waals surface area contributed by atoms with E-state index in [1.807, 2.05) is 0 Å². The van der Waals surface area contributed by atoms with Crippen molar-refractivity contribution < 1.29 is 8.78 Å². The van der Waals surface area contributed by atoms with Gasteiger partial charge in [0, 0.05) is 19.2 Å². The Morgan fingerprint density at radius 2 is 2.17 bits per heavy atom. The van der Waals surface area contributed by atoms with E-state index in [4.69, 9.17) is 0 Å². The monoisotopic (exact) mass is 167 g/mol. The van der Waals surface area contributed by atoms with Gasteiger partial charge in [-0.2, -0.15) is 0 Å². The van der Waals surface area contributed by atoms with E-state index in [0.29, 0.717) is 0 Å². The largest absolute Gasteiger partial charge is 0.322 e. The van der Waals surface area contributed by atoms with E-state index in [0.717, 1.165) is 6.07 Å². The lowest BCUT2D eigenvalue weighted by Crippen LogP contribution is -1.89. The molecule has 0 bridgehead atoms. The third kappa shape index (κ3) is 0.879. The zero-order chi connectivity index (χ0) is 8.72. The molecule has 1 heterocycles. The smallest absolute Gasteiger partial charge is 0.177 e. The number of aromatic nitrogens is 2. The first-order chi connectivity index (χ1) is 5.68. The maximum atomic E-state index is 13.0. The van der Waals surface area contributed by atoms with Gasteiger partial charge in [-0.15, -0.1) is 0 Å². The average molecular weight is 167 g/mol. The number of hydrogen-bond acceptors (Lipinski definition) is 1. The molecule has 1 aromatic heterocycles. The van der Waals surface area contributed by atoms with Gasteiger partial charge in [-0.1, -0.05) is 0 Å². The van der Waals surface area contributed by atoms with Gasteiger partial charge in [0.25, 0.3) is 0 Å². The van der Waals surface area contributed by atoms with Crippen LogP contribution in [-0.2, 0) is 7.05 Å². The number of benzene rings is 1. The Balaban J connectivity index is 2.93. The third-order valence-corrected chi connectivity index (χ3v) is 1.66. The van der Waals surface area contributed by atoms with E-state index in [2.05, 4.69) is 11.3 Å². The maximum Gasteiger partial charge on any atom is 0.177 e. The van der Waals surface area contributed by atoms with Crippen molar-refractivity contribution in [1.82, 2.24) is 9.55 Å². The number of imidazole rings is 1. The predicted octanol–water partition coefficient (Wildman–Crippen LogP) is 1.65. The second kappa shape index (κ2) is 2.27. The first-order valence-electron chi connectivity index (χ1n) is 3.37. The molecular formula is C8H5F2N2. The van der Waals surface area contributed by atoms with Crippen molar-refractivity contribution in [1.29, 1.82) is 0 Å². The summed E-state index contributed by atoms with van der Waals surface area (Å²) in [6.45, 7) is 0. The van der Waals surface area contributed by atoms with Gasteiger partial charge in [-0.3, -0.25) is 0 Å². The molecule has 0 spiro atoms. The lowest BCUT2D eigenvalue weighted by Gasteiger charge is -1.95. The molecule has 4 heteroatoms. The highest BCUT2D eigenvalue weighted by atomic mass is 19.1. The summed E-state index contributed by atoms with van der Waals surface area (Å²) < 4.78 is 27.0. The zero-order valence-electron chi connectivity index (χ0n) is 6.31. The number of hydrogen-bond donors (Lipinski definition) is 0. The van der Waals surface area contributed by atoms with Crippen LogP contribution in [0.2, 0.25) is 0 Å². The van der Waals surface area contributed by atoms with Crippen LogP contribution in [0.5, 0.6) is 0 Å². The van der Waals surface area contributed by atoms with Crippen LogP contribution in [0.1, 0.15) is 0 Å². The Morgan fingerprint density at radius 3 is 2.92 bits per heavy atom. The SMILES string of the molecule is Cn1[c]nc2cc(F)cc(F)c21. The molecular weight excluding hydrogens is 162 g/mol. The number of nitrogens with zero attached hydrogens (tertiary/aromatic N) is 2. The fourth-order valence-corrected chi connectivity index (χ4v) is 1.15. The molecule has 2 rings (SSSR count). The quantitative estimate of drug-likeness (QED) is 0.583. The molecule has 0 aliphatic rings. The van der Waals surface area contributed by atoms with Crippen LogP contribution in [0.3, 0.4) is 0 Å². The van der Waals surface area contributed by atoms with Gasteiger partial charge in [0.05, 0.1) is 5.52 Å². The van der Waals surface area contributed by atoms with Gasteiger partial charge in [0.15, 0.2) is 12.1 Å². The fraction of sp³-hybridized carbons (Fsp3) is 0.125. The lowest BCUT2D eigenvalue weighted by atomic mass is 10.3. The first kappa shape index (κ1) is 7.21. The Hall–Kier alpha value is -1.45. The normalized spacial score (nSPS) is 10.9. The van der Waals surface area contributed by atoms with E-state index in [9.17, 15) is 8.78 Å². The molecule has 0 aliphatic heterocycles. The summed E-state index contributed by atoms with van der Waals surface area (Å²) in [5.74, 6) is -1.23. The molecule has 0 saturated carbocycles. The van der Waals surface area contributed by atoms with Crippen molar-refractivity contribution in [3.05, 3.63) is 30.1 Å². The number of fused-ring (bicyclic) bond motifs is 1. The lowest BCUT2D eigenvalue weighted by molar-refractivity contribution is 0.588. The second-order valence-electron chi connectivity index (χ2n) is 2.53. The highest BCUT2D eigenvalue weighted by molar-refractivity contribution is 5.75. The van der Waals surface area contributed by atoms with Crippen molar-refractivity contribution in [3.8, 4) is 0 Å². The molecule has 0 atom stereocenters. The minimum atomic E-state index is -0.618. The molecule has 0 unspecified atom stereocenters. The van der Waals surface area contributed by atoms with E-state index in [1.165, 1.54) is 10.6 Å². The standard InChI is InChI=1S/C8H5F2N2/c1-12-4-11-7-3-5(9)2-6(10)8(7)12/h2-3H,1H3. The van der Waals surface area contributed by atoms with Crippen LogP contribution in [0.4, 0.5) is 8.78 Å². The summed E-state index contributed by atoms with van der Waals surface area (Å²) in [6.07, 6.45) is 2.50. The first-order valence-corrected chi connectivity index (χ1v) is 3.37. The summed E-state index contributed by atoms with van der Waals surface area (Å²) in [7, 11) is 1.61. The van der Waals surface area contributed by atoms with Crippen LogP contribution in [0, 0.1) is 18.0 Å². The minimum absolute atomic E-state index is 0.274. The van der Waals surface area contributed by atoms with Crippen molar-refractivity contribution in [2.45, 2.75) is 0 Å². The Kier molecular flexibility index (Phi) is 1.36. The van der Waals surface area contributed by atoms with Gasteiger partial charge in [-0.25, -0.2) is 13.8 Å². The Labute approximate surface area is 67.4 Å². The molecule has 1 radical (unpaired) electrons. The molecule has 0 saturated heterocycles. The summed E-state index contributed by atoms with van der Waals surface area (Å²) in [6, 6.07) is 2.01. The highest BCUT2D eigenvalue weighted by Gasteiger charge is 2.07. The topological polar surface area (TPSA) is 17.8 Å². The van der Waals surface area contributed by atoms with Crippen molar-refractivity contribution in [2.75, 3.05) is 0 Å². The average Bonchev–Trinajstić information content (AvgIpc) is 2.31. The van der Waals surface area contributed by atoms with Crippen LogP contribution in [-0.4, -0.2) is 9.55 Å². The maximum absolute atomic E-state index is 13.0. The van der Waals surface area contributed by atoms with E-state index in [1.54, 1.807) is 7.05 Å². The second-order valence-corrected chi connectivity index (χ2v) is 2.53. The van der Waals surface area contributed by atoms with Crippen molar-refractivity contribution in [3.63, 3.8) is 0 Å². The molecule has 12 heavy (non-hydrogen) atoms. The Bertz CT molecular complexity index is 434. The number of rotatable bonds is 0. The van der Waals surface area contributed by atoms with E-state index >= 15 is 0 Å².